The van der Waals surface area contributed by atoms with E-state index in [1.165, 1.54) is 36.0 Å². The summed E-state index contributed by atoms with van der Waals surface area (Å²) in [6.07, 6.45) is -3.08. The first-order chi connectivity index (χ1) is 13.3. The quantitative estimate of drug-likeness (QED) is 0.657. The molecule has 0 fully saturated rings. The van der Waals surface area contributed by atoms with Crippen molar-refractivity contribution in [2.45, 2.75) is 13.1 Å². The number of nitriles is 1. The minimum atomic E-state index is -4.55. The highest BCUT2D eigenvalue weighted by molar-refractivity contribution is 5.92. The highest BCUT2D eigenvalue weighted by atomic mass is 19.4. The first-order valence-corrected chi connectivity index (χ1v) is 8.41. The molecular formula is C20H16F3N3O2. The third kappa shape index (κ3) is 3.39. The van der Waals surface area contributed by atoms with Crippen molar-refractivity contribution in [1.29, 1.82) is 5.26 Å². The number of esters is 1. The normalized spacial score (nSPS) is 11.3. The van der Waals surface area contributed by atoms with Gasteiger partial charge in [0.1, 0.15) is 6.07 Å². The van der Waals surface area contributed by atoms with E-state index >= 15 is 0 Å². The number of hydrogen-bond acceptors (Lipinski definition) is 4. The van der Waals surface area contributed by atoms with E-state index in [0.29, 0.717) is 16.6 Å². The number of alkyl halides is 3. The molecule has 1 heterocycles. The van der Waals surface area contributed by atoms with E-state index < -0.39 is 17.7 Å². The Morgan fingerprint density at radius 2 is 1.93 bits per heavy atom. The monoisotopic (exact) mass is 387 g/mol. The average Bonchev–Trinajstić information content (AvgIpc) is 3.04. The van der Waals surface area contributed by atoms with Crippen LogP contribution in [0.4, 0.5) is 18.9 Å². The van der Waals surface area contributed by atoms with Crippen molar-refractivity contribution in [3.63, 3.8) is 0 Å². The maximum Gasteiger partial charge on any atom is 0.418 e. The topological polar surface area (TPSA) is 67.0 Å². The molecule has 2 aromatic carbocycles. The fourth-order valence-electron chi connectivity index (χ4n) is 2.99. The predicted molar refractivity (Wildman–Crippen MR) is 98.5 cm³/mol. The summed E-state index contributed by atoms with van der Waals surface area (Å²) in [5.74, 6) is -0.484. The molecule has 0 saturated carbocycles. The van der Waals surface area contributed by atoms with Crippen molar-refractivity contribution in [2.24, 2.45) is 0 Å². The number of rotatable bonds is 4. The van der Waals surface area contributed by atoms with Crippen molar-refractivity contribution in [3.05, 3.63) is 59.3 Å². The van der Waals surface area contributed by atoms with Crippen LogP contribution in [0.5, 0.6) is 0 Å². The van der Waals surface area contributed by atoms with Crippen LogP contribution in [0.3, 0.4) is 0 Å². The lowest BCUT2D eigenvalue weighted by atomic mass is 10.1. The number of halogens is 3. The number of aromatic nitrogens is 1. The van der Waals surface area contributed by atoms with Gasteiger partial charge in [0.25, 0.3) is 0 Å². The molecule has 8 heteroatoms. The van der Waals surface area contributed by atoms with Crippen LogP contribution in [-0.4, -0.2) is 24.2 Å². The second-order valence-corrected chi connectivity index (χ2v) is 5.95. The molecule has 0 spiro atoms. The lowest BCUT2D eigenvalue weighted by Gasteiger charge is -2.14. The molecule has 1 N–H and O–H groups in total. The highest BCUT2D eigenvalue weighted by Crippen LogP contribution is 2.39. The van der Waals surface area contributed by atoms with Crippen LogP contribution in [0, 0.1) is 11.3 Å². The lowest BCUT2D eigenvalue weighted by Crippen LogP contribution is -2.09. The third-order valence-electron chi connectivity index (χ3n) is 4.30. The summed E-state index contributed by atoms with van der Waals surface area (Å²) in [5, 5.41) is 12.3. The summed E-state index contributed by atoms with van der Waals surface area (Å²) in [5.41, 5.74) is 0.406. The number of hydrogen-bond donors (Lipinski definition) is 1. The second-order valence-electron chi connectivity index (χ2n) is 5.95. The molecule has 1 aromatic heterocycles. The molecule has 28 heavy (non-hydrogen) atoms. The van der Waals surface area contributed by atoms with E-state index in [0.717, 1.165) is 6.07 Å². The van der Waals surface area contributed by atoms with Gasteiger partial charge in [-0.05, 0) is 43.3 Å². The molecule has 3 rings (SSSR count). The smallest absolute Gasteiger partial charge is 0.418 e. The zero-order chi connectivity index (χ0) is 20.5. The number of ether oxygens (including phenoxy) is 1. The van der Waals surface area contributed by atoms with E-state index in [1.807, 2.05) is 6.07 Å². The Hall–Kier alpha value is -3.47. The summed E-state index contributed by atoms with van der Waals surface area (Å²) >= 11 is 0. The van der Waals surface area contributed by atoms with E-state index in [9.17, 15) is 23.2 Å². The molecule has 0 bridgehead atoms. The predicted octanol–water partition coefficient (Wildman–Crippen LogP) is 4.74. The average molecular weight is 387 g/mol. The lowest BCUT2D eigenvalue weighted by molar-refractivity contribution is -0.136. The zero-order valence-electron chi connectivity index (χ0n) is 15.1. The number of carbonyl (C=O) groups excluding carboxylic acids is 1. The standard InChI is InChI=1S/C20H16F3N3O2/c1-3-28-19(27)12-4-6-14(7-5-12)26-11-13(10-24)15-8-17(25-2)16(9-18(15)26)20(21,22)23/h4-9,11,25H,3H2,1-2H3. The molecule has 0 aliphatic heterocycles. The summed E-state index contributed by atoms with van der Waals surface area (Å²) < 4.78 is 46.7. The Bertz CT molecular complexity index is 1080. The van der Waals surface area contributed by atoms with Crippen LogP contribution >= 0.6 is 0 Å². The minimum Gasteiger partial charge on any atom is -0.462 e. The Morgan fingerprint density at radius 1 is 1.25 bits per heavy atom. The Morgan fingerprint density at radius 3 is 2.46 bits per heavy atom. The third-order valence-corrected chi connectivity index (χ3v) is 4.30. The highest BCUT2D eigenvalue weighted by Gasteiger charge is 2.34. The van der Waals surface area contributed by atoms with Gasteiger partial charge in [-0.1, -0.05) is 0 Å². The number of benzene rings is 2. The van der Waals surface area contributed by atoms with Gasteiger partial charge in [0, 0.05) is 30.0 Å². The summed E-state index contributed by atoms with van der Waals surface area (Å²) in [4.78, 5) is 11.8. The molecule has 3 aromatic rings. The molecule has 144 valence electrons. The van der Waals surface area contributed by atoms with Gasteiger partial charge in [0.05, 0.1) is 28.8 Å². The van der Waals surface area contributed by atoms with E-state index in [1.54, 1.807) is 19.1 Å². The SMILES string of the molecule is CCOC(=O)c1ccc(-n2cc(C#N)c3cc(NC)c(C(F)(F)F)cc32)cc1. The molecule has 0 amide bonds. The molecular weight excluding hydrogens is 371 g/mol. The van der Waals surface area contributed by atoms with Crippen molar-refractivity contribution in [3.8, 4) is 11.8 Å². The molecule has 0 unspecified atom stereocenters. The number of nitrogens with zero attached hydrogens (tertiary/aromatic N) is 2. The van der Waals surface area contributed by atoms with Crippen LogP contribution < -0.4 is 5.32 Å². The number of anilines is 1. The van der Waals surface area contributed by atoms with E-state index in [-0.39, 0.29) is 23.4 Å². The maximum atomic E-state index is 13.4. The Balaban J connectivity index is 2.19. The summed E-state index contributed by atoms with van der Waals surface area (Å²) in [7, 11) is 1.40. The van der Waals surface area contributed by atoms with Crippen LogP contribution in [0.2, 0.25) is 0 Å². The summed E-state index contributed by atoms with van der Waals surface area (Å²) in [6.45, 7) is 1.93. The second kappa shape index (κ2) is 7.27. The van der Waals surface area contributed by atoms with Crippen LogP contribution in [0.15, 0.2) is 42.6 Å². The van der Waals surface area contributed by atoms with E-state index in [4.69, 9.17) is 4.74 Å². The van der Waals surface area contributed by atoms with Crippen LogP contribution in [0.1, 0.15) is 28.4 Å². The number of carbonyl (C=O) groups is 1. The van der Waals surface area contributed by atoms with Gasteiger partial charge in [-0.2, -0.15) is 18.4 Å². The fourth-order valence-corrected chi connectivity index (χ4v) is 2.99. The number of fused-ring (bicyclic) bond motifs is 1. The Labute approximate surface area is 158 Å². The molecule has 0 radical (unpaired) electrons. The summed E-state index contributed by atoms with van der Waals surface area (Å²) in [6, 6.07) is 10.6. The molecule has 5 nitrogen and oxygen atoms in total. The molecule has 0 aliphatic rings. The van der Waals surface area contributed by atoms with Gasteiger partial charge in [-0.25, -0.2) is 4.79 Å². The zero-order valence-corrected chi connectivity index (χ0v) is 15.1. The molecule has 0 saturated heterocycles. The first kappa shape index (κ1) is 19.3. The maximum absolute atomic E-state index is 13.4. The first-order valence-electron chi connectivity index (χ1n) is 8.41. The van der Waals surface area contributed by atoms with Gasteiger partial charge in [-0.3, -0.25) is 0 Å². The van der Waals surface area contributed by atoms with Gasteiger partial charge < -0.3 is 14.6 Å². The van der Waals surface area contributed by atoms with Crippen molar-refractivity contribution in [2.75, 3.05) is 19.0 Å². The van der Waals surface area contributed by atoms with Gasteiger partial charge in [0.2, 0.25) is 0 Å². The number of nitrogens with one attached hydrogen (secondary N) is 1. The molecule has 0 aliphatic carbocycles. The minimum absolute atomic E-state index is 0.105. The van der Waals surface area contributed by atoms with Crippen LogP contribution in [-0.2, 0) is 10.9 Å². The van der Waals surface area contributed by atoms with Crippen molar-refractivity contribution >= 4 is 22.6 Å². The van der Waals surface area contributed by atoms with Crippen molar-refractivity contribution in [1.82, 2.24) is 4.57 Å². The largest absolute Gasteiger partial charge is 0.462 e. The van der Waals surface area contributed by atoms with Crippen molar-refractivity contribution < 1.29 is 22.7 Å². The van der Waals surface area contributed by atoms with Gasteiger partial charge in [0.15, 0.2) is 0 Å². The van der Waals surface area contributed by atoms with Crippen LogP contribution in [0.25, 0.3) is 16.6 Å². The Kier molecular flexibility index (Phi) is 5.01. The fraction of sp³-hybridized carbons (Fsp3) is 0.200. The molecule has 0 atom stereocenters. The van der Waals surface area contributed by atoms with Gasteiger partial charge >= 0.3 is 12.1 Å². The van der Waals surface area contributed by atoms with E-state index in [2.05, 4.69) is 5.32 Å². The van der Waals surface area contributed by atoms with Gasteiger partial charge in [-0.15, -0.1) is 0 Å².